The van der Waals surface area contributed by atoms with Gasteiger partial charge in [-0.15, -0.1) is 12.4 Å². The number of pyridine rings is 1. The monoisotopic (exact) mass is 359 g/mol. The minimum atomic E-state index is 0. The van der Waals surface area contributed by atoms with E-state index < -0.39 is 0 Å². The van der Waals surface area contributed by atoms with E-state index in [1.807, 2.05) is 54.3 Å². The van der Waals surface area contributed by atoms with E-state index in [1.165, 1.54) is 0 Å². The summed E-state index contributed by atoms with van der Waals surface area (Å²) in [5, 5.41) is 3.43. The van der Waals surface area contributed by atoms with Crippen LogP contribution in [0.1, 0.15) is 40.9 Å². The Balaban J connectivity index is 0.00000225. The van der Waals surface area contributed by atoms with Crippen molar-refractivity contribution in [1.82, 2.24) is 15.2 Å². The fourth-order valence-electron chi connectivity index (χ4n) is 3.31. The number of aromatic nitrogens is 1. The Morgan fingerprint density at radius 3 is 2.72 bits per heavy atom. The molecule has 1 aromatic heterocycles. The van der Waals surface area contributed by atoms with Gasteiger partial charge in [0.1, 0.15) is 0 Å². The van der Waals surface area contributed by atoms with Gasteiger partial charge in [-0.05, 0) is 63.0 Å². The fraction of sp³-hybridized carbons (Fsp3) is 0.400. The summed E-state index contributed by atoms with van der Waals surface area (Å²) in [5.74, 6) is 0.116. The predicted octanol–water partition coefficient (Wildman–Crippen LogP) is 3.60. The van der Waals surface area contributed by atoms with Crippen LogP contribution in [0, 0.1) is 6.92 Å². The molecule has 4 nitrogen and oxygen atoms in total. The Labute approximate surface area is 156 Å². The van der Waals surface area contributed by atoms with Crippen LogP contribution in [0.3, 0.4) is 0 Å². The van der Waals surface area contributed by atoms with Crippen LogP contribution in [0.5, 0.6) is 0 Å². The maximum absolute atomic E-state index is 13.3. The molecule has 1 fully saturated rings. The van der Waals surface area contributed by atoms with Gasteiger partial charge >= 0.3 is 0 Å². The molecule has 1 amide bonds. The first kappa shape index (κ1) is 19.4. The van der Waals surface area contributed by atoms with Crippen LogP contribution in [0.4, 0.5) is 0 Å². The number of aryl methyl sites for hydroxylation is 1. The van der Waals surface area contributed by atoms with E-state index in [1.54, 1.807) is 6.20 Å². The van der Waals surface area contributed by atoms with Gasteiger partial charge in [0.2, 0.25) is 0 Å². The van der Waals surface area contributed by atoms with Crippen molar-refractivity contribution in [3.8, 4) is 0 Å². The molecule has 0 bridgehead atoms. The first-order valence-electron chi connectivity index (χ1n) is 8.73. The number of carbonyl (C=O) groups excluding carboxylic acids is 1. The lowest BCUT2D eigenvalue weighted by molar-refractivity contribution is 0.0641. The Kier molecular flexibility index (Phi) is 7.41. The van der Waals surface area contributed by atoms with Crippen molar-refractivity contribution >= 4 is 18.3 Å². The van der Waals surface area contributed by atoms with Crippen molar-refractivity contribution in [1.29, 1.82) is 0 Å². The lowest BCUT2D eigenvalue weighted by atomic mass is 10.0. The lowest BCUT2D eigenvalue weighted by Gasteiger charge is -2.31. The maximum atomic E-state index is 13.3. The number of hydrogen-bond acceptors (Lipinski definition) is 3. The zero-order chi connectivity index (χ0) is 16.8. The van der Waals surface area contributed by atoms with E-state index in [9.17, 15) is 4.79 Å². The van der Waals surface area contributed by atoms with Gasteiger partial charge in [-0.1, -0.05) is 24.3 Å². The molecule has 1 N–H and O–H groups in total. The first-order valence-corrected chi connectivity index (χ1v) is 8.73. The van der Waals surface area contributed by atoms with Crippen molar-refractivity contribution in [3.05, 3.63) is 65.5 Å². The third-order valence-corrected chi connectivity index (χ3v) is 4.68. The van der Waals surface area contributed by atoms with Gasteiger partial charge in [0.15, 0.2) is 0 Å². The third-order valence-electron chi connectivity index (χ3n) is 4.68. The fourth-order valence-corrected chi connectivity index (χ4v) is 3.31. The van der Waals surface area contributed by atoms with Crippen LogP contribution < -0.4 is 5.32 Å². The first-order chi connectivity index (χ1) is 11.8. The molecule has 1 aliphatic heterocycles. The van der Waals surface area contributed by atoms with Gasteiger partial charge < -0.3 is 10.2 Å². The SMILES string of the molecule is Cc1ccccc1C(=O)N(Cc1ccccn1)C1CCCNCC1.Cl. The second-order valence-electron chi connectivity index (χ2n) is 6.40. The normalized spacial score (nSPS) is 17.2. The zero-order valence-electron chi connectivity index (χ0n) is 14.6. The van der Waals surface area contributed by atoms with Crippen molar-refractivity contribution in [2.24, 2.45) is 0 Å². The number of rotatable bonds is 4. The minimum absolute atomic E-state index is 0. The standard InChI is InChI=1S/C20H25N3O.ClH/c1-16-7-2-3-10-19(16)20(24)23(15-17-8-4-5-13-22-17)18-9-6-12-21-14-11-18;/h2-5,7-8,10,13,18,21H,6,9,11-12,14-15H2,1H3;1H. The molecule has 1 unspecified atom stereocenters. The average Bonchev–Trinajstić information content (AvgIpc) is 2.90. The summed E-state index contributed by atoms with van der Waals surface area (Å²) in [5.41, 5.74) is 2.77. The number of carbonyl (C=O) groups is 1. The third kappa shape index (κ3) is 5.03. The Morgan fingerprint density at radius 1 is 1.16 bits per heavy atom. The van der Waals surface area contributed by atoms with Gasteiger partial charge in [0.25, 0.3) is 5.91 Å². The molecule has 1 aromatic carbocycles. The highest BCUT2D eigenvalue weighted by Gasteiger charge is 2.26. The molecule has 5 heteroatoms. The molecule has 0 radical (unpaired) electrons. The lowest BCUT2D eigenvalue weighted by Crippen LogP contribution is -2.40. The van der Waals surface area contributed by atoms with E-state index in [0.29, 0.717) is 6.54 Å². The van der Waals surface area contributed by atoms with E-state index in [2.05, 4.69) is 10.3 Å². The Hall–Kier alpha value is -1.91. The molecule has 0 aliphatic carbocycles. The summed E-state index contributed by atoms with van der Waals surface area (Å²) in [6.07, 6.45) is 4.92. The van der Waals surface area contributed by atoms with E-state index in [0.717, 1.165) is 49.2 Å². The zero-order valence-corrected chi connectivity index (χ0v) is 15.5. The highest BCUT2D eigenvalue weighted by Crippen LogP contribution is 2.20. The topological polar surface area (TPSA) is 45.2 Å². The molecule has 0 saturated carbocycles. The molecule has 1 aliphatic rings. The highest BCUT2D eigenvalue weighted by molar-refractivity contribution is 5.95. The molecule has 25 heavy (non-hydrogen) atoms. The summed E-state index contributed by atoms with van der Waals surface area (Å²) in [4.78, 5) is 19.7. The number of halogens is 1. The number of nitrogens with zero attached hydrogens (tertiary/aromatic N) is 2. The molecule has 1 atom stereocenters. The van der Waals surface area contributed by atoms with Crippen molar-refractivity contribution in [2.45, 2.75) is 38.8 Å². The molecular weight excluding hydrogens is 334 g/mol. The second-order valence-corrected chi connectivity index (χ2v) is 6.40. The van der Waals surface area contributed by atoms with Gasteiger partial charge in [-0.25, -0.2) is 0 Å². The molecule has 0 spiro atoms. The van der Waals surface area contributed by atoms with Crippen LogP contribution in [0.15, 0.2) is 48.7 Å². The Bertz CT molecular complexity index is 670. The van der Waals surface area contributed by atoms with Crippen LogP contribution in [-0.4, -0.2) is 34.9 Å². The van der Waals surface area contributed by atoms with E-state index in [4.69, 9.17) is 0 Å². The summed E-state index contributed by atoms with van der Waals surface area (Å²) < 4.78 is 0. The molecular formula is C20H26ClN3O. The van der Waals surface area contributed by atoms with Crippen molar-refractivity contribution in [3.63, 3.8) is 0 Å². The van der Waals surface area contributed by atoms with Gasteiger partial charge in [-0.3, -0.25) is 9.78 Å². The van der Waals surface area contributed by atoms with Gasteiger partial charge in [0.05, 0.1) is 12.2 Å². The van der Waals surface area contributed by atoms with Crippen LogP contribution in [0.2, 0.25) is 0 Å². The molecule has 3 rings (SSSR count). The number of amides is 1. The highest BCUT2D eigenvalue weighted by atomic mass is 35.5. The summed E-state index contributed by atoms with van der Waals surface area (Å²) in [7, 11) is 0. The second kappa shape index (κ2) is 9.54. The summed E-state index contributed by atoms with van der Waals surface area (Å²) in [6.45, 7) is 4.57. The summed E-state index contributed by atoms with van der Waals surface area (Å²) in [6, 6.07) is 14.0. The smallest absolute Gasteiger partial charge is 0.254 e. The maximum Gasteiger partial charge on any atom is 0.254 e. The molecule has 1 saturated heterocycles. The van der Waals surface area contributed by atoms with Crippen LogP contribution in [0.25, 0.3) is 0 Å². The molecule has 134 valence electrons. The largest absolute Gasteiger partial charge is 0.330 e. The van der Waals surface area contributed by atoms with Gasteiger partial charge in [0, 0.05) is 17.8 Å². The molecule has 2 heterocycles. The van der Waals surface area contributed by atoms with Crippen LogP contribution >= 0.6 is 12.4 Å². The minimum Gasteiger partial charge on any atom is -0.330 e. The van der Waals surface area contributed by atoms with E-state index in [-0.39, 0.29) is 24.4 Å². The number of hydrogen-bond donors (Lipinski definition) is 1. The van der Waals surface area contributed by atoms with Crippen molar-refractivity contribution in [2.75, 3.05) is 13.1 Å². The molecule has 2 aromatic rings. The average molecular weight is 360 g/mol. The Morgan fingerprint density at radius 2 is 1.96 bits per heavy atom. The van der Waals surface area contributed by atoms with Crippen molar-refractivity contribution < 1.29 is 4.79 Å². The quantitative estimate of drug-likeness (QED) is 0.907. The van der Waals surface area contributed by atoms with E-state index >= 15 is 0 Å². The number of benzene rings is 1. The van der Waals surface area contributed by atoms with Crippen LogP contribution in [-0.2, 0) is 6.54 Å². The predicted molar refractivity (Wildman–Crippen MR) is 103 cm³/mol. The summed E-state index contributed by atoms with van der Waals surface area (Å²) >= 11 is 0. The van der Waals surface area contributed by atoms with Gasteiger partial charge in [-0.2, -0.15) is 0 Å². The number of nitrogens with one attached hydrogen (secondary N) is 1.